The SMILES string of the molecule is C=CCN1CCCN(CC=C)C1(F)F. The molecule has 2 nitrogen and oxygen atoms in total. The van der Waals surface area contributed by atoms with Gasteiger partial charge in [0.15, 0.2) is 0 Å². The molecule has 0 radical (unpaired) electrons. The lowest BCUT2D eigenvalue weighted by atomic mass is 10.2. The average Bonchev–Trinajstić information content (AvgIpc) is 2.13. The van der Waals surface area contributed by atoms with Gasteiger partial charge in [-0.1, -0.05) is 12.2 Å². The summed E-state index contributed by atoms with van der Waals surface area (Å²) in [6.45, 7) is 8.25. The van der Waals surface area contributed by atoms with Gasteiger partial charge in [-0.3, -0.25) is 0 Å². The molecule has 0 N–H and O–H groups in total. The van der Waals surface area contributed by atoms with E-state index in [0.29, 0.717) is 13.1 Å². The van der Waals surface area contributed by atoms with Gasteiger partial charge in [-0.15, -0.1) is 13.2 Å². The van der Waals surface area contributed by atoms with Crippen molar-refractivity contribution in [2.24, 2.45) is 0 Å². The molecule has 4 heteroatoms. The summed E-state index contributed by atoms with van der Waals surface area (Å²) in [5.74, 6) is 0. The third kappa shape index (κ3) is 2.19. The molecule has 0 aromatic heterocycles. The van der Waals surface area contributed by atoms with Crippen LogP contribution in [0.5, 0.6) is 0 Å². The number of alkyl halides is 2. The van der Waals surface area contributed by atoms with E-state index in [-0.39, 0.29) is 13.1 Å². The van der Waals surface area contributed by atoms with E-state index in [9.17, 15) is 8.78 Å². The predicted octanol–water partition coefficient (Wildman–Crippen LogP) is 1.92. The summed E-state index contributed by atoms with van der Waals surface area (Å²) in [6.07, 6.45) is 0.911. The van der Waals surface area contributed by atoms with Gasteiger partial charge >= 0.3 is 6.17 Å². The third-order valence-corrected chi connectivity index (χ3v) is 2.32. The Labute approximate surface area is 83.5 Å². The molecule has 80 valence electrons. The summed E-state index contributed by atoms with van der Waals surface area (Å²) in [7, 11) is 0. The van der Waals surface area contributed by atoms with Crippen molar-refractivity contribution in [2.45, 2.75) is 12.6 Å². The van der Waals surface area contributed by atoms with Gasteiger partial charge in [0, 0.05) is 26.2 Å². The number of nitrogens with zero attached hydrogens (tertiary/aromatic N) is 2. The molecule has 14 heavy (non-hydrogen) atoms. The maximum absolute atomic E-state index is 13.7. The molecule has 1 fully saturated rings. The molecule has 1 rings (SSSR count). The van der Waals surface area contributed by atoms with Crippen molar-refractivity contribution < 1.29 is 8.78 Å². The zero-order chi connectivity index (χ0) is 10.6. The van der Waals surface area contributed by atoms with E-state index in [1.165, 1.54) is 12.2 Å². The number of rotatable bonds is 4. The number of halogens is 2. The minimum Gasteiger partial charge on any atom is -0.226 e. The van der Waals surface area contributed by atoms with Crippen LogP contribution in [0.25, 0.3) is 0 Å². The lowest BCUT2D eigenvalue weighted by Gasteiger charge is -2.42. The lowest BCUT2D eigenvalue weighted by molar-refractivity contribution is -0.262. The summed E-state index contributed by atoms with van der Waals surface area (Å²) in [4.78, 5) is 2.26. The van der Waals surface area contributed by atoms with Crippen molar-refractivity contribution in [1.29, 1.82) is 0 Å². The van der Waals surface area contributed by atoms with Crippen LogP contribution in [-0.4, -0.2) is 42.1 Å². The van der Waals surface area contributed by atoms with Crippen LogP contribution in [0.4, 0.5) is 8.78 Å². The summed E-state index contributed by atoms with van der Waals surface area (Å²) in [6, 6.07) is 0. The van der Waals surface area contributed by atoms with Crippen molar-refractivity contribution in [3.05, 3.63) is 25.3 Å². The molecule has 0 atom stereocenters. The molecule has 0 spiro atoms. The van der Waals surface area contributed by atoms with Crippen LogP contribution in [0, 0.1) is 0 Å². The topological polar surface area (TPSA) is 6.48 Å². The Balaban J connectivity index is 2.69. The van der Waals surface area contributed by atoms with Gasteiger partial charge in [-0.25, -0.2) is 9.80 Å². The zero-order valence-electron chi connectivity index (χ0n) is 8.25. The van der Waals surface area contributed by atoms with Crippen molar-refractivity contribution >= 4 is 0 Å². The summed E-state index contributed by atoms with van der Waals surface area (Å²) < 4.78 is 27.3. The normalized spacial score (nSPS) is 23.3. The number of hydrogen-bond donors (Lipinski definition) is 0. The molecule has 1 saturated heterocycles. The molecule has 1 heterocycles. The van der Waals surface area contributed by atoms with Crippen LogP contribution in [0.2, 0.25) is 0 Å². The Kier molecular flexibility index (Phi) is 3.77. The molecule has 0 aliphatic carbocycles. The van der Waals surface area contributed by atoms with Gasteiger partial charge < -0.3 is 0 Å². The van der Waals surface area contributed by atoms with Crippen LogP contribution in [0.15, 0.2) is 25.3 Å². The predicted molar refractivity (Wildman–Crippen MR) is 53.1 cm³/mol. The molecule has 1 aliphatic heterocycles. The van der Waals surface area contributed by atoms with E-state index in [0.717, 1.165) is 16.2 Å². The summed E-state index contributed by atoms with van der Waals surface area (Å²) in [5, 5.41) is 0. The highest BCUT2D eigenvalue weighted by Crippen LogP contribution is 2.28. The minimum absolute atomic E-state index is 0.223. The van der Waals surface area contributed by atoms with Crippen molar-refractivity contribution in [3.63, 3.8) is 0 Å². The Morgan fingerprint density at radius 2 is 1.50 bits per heavy atom. The van der Waals surface area contributed by atoms with Gasteiger partial charge in [-0.05, 0) is 6.42 Å². The van der Waals surface area contributed by atoms with Gasteiger partial charge in [0.05, 0.1) is 0 Å². The quantitative estimate of drug-likeness (QED) is 0.507. The highest BCUT2D eigenvalue weighted by Gasteiger charge is 2.44. The molecular formula is C10H16F2N2. The maximum Gasteiger partial charge on any atom is 0.370 e. The molecule has 0 aromatic carbocycles. The van der Waals surface area contributed by atoms with E-state index in [1.807, 2.05) is 0 Å². The second-order valence-electron chi connectivity index (χ2n) is 3.33. The Morgan fingerprint density at radius 3 is 1.86 bits per heavy atom. The first-order valence-electron chi connectivity index (χ1n) is 4.72. The number of hydrogen-bond acceptors (Lipinski definition) is 2. The van der Waals surface area contributed by atoms with Crippen LogP contribution in [-0.2, 0) is 0 Å². The second kappa shape index (κ2) is 4.66. The smallest absolute Gasteiger partial charge is 0.226 e. The summed E-state index contributed by atoms with van der Waals surface area (Å²) >= 11 is 0. The fraction of sp³-hybridized carbons (Fsp3) is 0.600. The van der Waals surface area contributed by atoms with Crippen LogP contribution < -0.4 is 0 Å². The highest BCUT2D eigenvalue weighted by molar-refractivity contribution is 4.86. The zero-order valence-corrected chi connectivity index (χ0v) is 8.25. The lowest BCUT2D eigenvalue weighted by Crippen LogP contribution is -2.59. The van der Waals surface area contributed by atoms with Crippen LogP contribution in [0.3, 0.4) is 0 Å². The molecule has 0 amide bonds. The summed E-state index contributed by atoms with van der Waals surface area (Å²) in [5.41, 5.74) is 0. The largest absolute Gasteiger partial charge is 0.370 e. The highest BCUT2D eigenvalue weighted by atomic mass is 19.3. The first kappa shape index (κ1) is 11.3. The molecule has 0 saturated carbocycles. The Morgan fingerprint density at radius 1 is 1.07 bits per heavy atom. The fourth-order valence-electron chi connectivity index (χ4n) is 1.64. The van der Waals surface area contributed by atoms with Gasteiger partial charge in [0.2, 0.25) is 0 Å². The molecular weight excluding hydrogens is 186 g/mol. The fourth-order valence-corrected chi connectivity index (χ4v) is 1.64. The van der Waals surface area contributed by atoms with E-state index in [4.69, 9.17) is 0 Å². The molecule has 0 aromatic rings. The first-order chi connectivity index (χ1) is 6.62. The standard InChI is InChI=1S/C10H16F2N2/c1-3-6-13-8-5-9-14(7-4-2)10(13,11)12/h3-4H,1-2,5-9H2. The van der Waals surface area contributed by atoms with E-state index >= 15 is 0 Å². The molecule has 1 aliphatic rings. The first-order valence-corrected chi connectivity index (χ1v) is 4.72. The molecule has 0 bridgehead atoms. The molecule has 0 unspecified atom stereocenters. The Hall–Kier alpha value is -0.740. The van der Waals surface area contributed by atoms with Gasteiger partial charge in [-0.2, -0.15) is 8.78 Å². The van der Waals surface area contributed by atoms with E-state index < -0.39 is 6.17 Å². The average molecular weight is 202 g/mol. The monoisotopic (exact) mass is 202 g/mol. The third-order valence-electron chi connectivity index (χ3n) is 2.32. The second-order valence-corrected chi connectivity index (χ2v) is 3.33. The van der Waals surface area contributed by atoms with Gasteiger partial charge in [0.25, 0.3) is 0 Å². The van der Waals surface area contributed by atoms with Crippen LogP contribution in [0.1, 0.15) is 6.42 Å². The van der Waals surface area contributed by atoms with Crippen LogP contribution >= 0.6 is 0 Å². The van der Waals surface area contributed by atoms with E-state index in [1.54, 1.807) is 0 Å². The maximum atomic E-state index is 13.7. The van der Waals surface area contributed by atoms with Crippen molar-refractivity contribution in [1.82, 2.24) is 9.80 Å². The van der Waals surface area contributed by atoms with Crippen molar-refractivity contribution in [3.8, 4) is 0 Å². The Bertz CT molecular complexity index is 196. The minimum atomic E-state index is -2.86. The van der Waals surface area contributed by atoms with Gasteiger partial charge in [0.1, 0.15) is 0 Å². The van der Waals surface area contributed by atoms with Crippen molar-refractivity contribution in [2.75, 3.05) is 26.2 Å². The van der Waals surface area contributed by atoms with E-state index in [2.05, 4.69) is 13.2 Å².